The fourth-order valence-corrected chi connectivity index (χ4v) is 5.16. The lowest BCUT2D eigenvalue weighted by Gasteiger charge is -2.22. The third-order valence-corrected chi connectivity index (χ3v) is 6.56. The fraction of sp³-hybridized carbons (Fsp3) is 0.263. The van der Waals surface area contributed by atoms with Gasteiger partial charge in [-0.05, 0) is 31.5 Å². The van der Waals surface area contributed by atoms with Crippen LogP contribution in [0.1, 0.15) is 38.4 Å². The number of amides is 1. The zero-order valence-electron chi connectivity index (χ0n) is 13.7. The minimum Gasteiger partial charge on any atom is -0.365 e. The van der Waals surface area contributed by atoms with Gasteiger partial charge < -0.3 is 5.73 Å². The summed E-state index contributed by atoms with van der Waals surface area (Å²) in [5, 5.41) is 3.27. The zero-order valence-corrected chi connectivity index (χ0v) is 15.4. The Bertz CT molecular complexity index is 872. The molecule has 2 aromatic heterocycles. The first-order valence-electron chi connectivity index (χ1n) is 8.34. The monoisotopic (exact) mass is 369 g/mol. The van der Waals surface area contributed by atoms with Gasteiger partial charge in [0.25, 0.3) is 5.91 Å². The summed E-state index contributed by atoms with van der Waals surface area (Å²) in [5.41, 5.74) is 7.60. The Kier molecular flexibility index (Phi) is 4.65. The van der Waals surface area contributed by atoms with Crippen LogP contribution in [0, 0.1) is 0 Å². The van der Waals surface area contributed by atoms with E-state index in [1.54, 1.807) is 11.3 Å². The molecule has 0 saturated carbocycles. The van der Waals surface area contributed by atoms with E-state index in [0.717, 1.165) is 35.8 Å². The van der Waals surface area contributed by atoms with Gasteiger partial charge in [0.05, 0.1) is 17.1 Å². The Balaban J connectivity index is 1.50. The Labute approximate surface area is 154 Å². The first-order valence-corrected chi connectivity index (χ1v) is 10.0. The molecule has 1 aliphatic heterocycles. The number of nitrogens with two attached hydrogens (primary N) is 1. The van der Waals surface area contributed by atoms with Crippen LogP contribution in [0.3, 0.4) is 0 Å². The van der Waals surface area contributed by atoms with Gasteiger partial charge >= 0.3 is 0 Å². The van der Waals surface area contributed by atoms with Crippen LogP contribution in [0.4, 0.5) is 0 Å². The Hall–Kier alpha value is -2.02. The molecule has 3 aromatic rings. The van der Waals surface area contributed by atoms with Gasteiger partial charge in [-0.1, -0.05) is 30.3 Å². The predicted octanol–water partition coefficient (Wildman–Crippen LogP) is 4.31. The largest absolute Gasteiger partial charge is 0.365 e. The van der Waals surface area contributed by atoms with Gasteiger partial charge in [0, 0.05) is 21.9 Å². The van der Waals surface area contributed by atoms with E-state index in [1.807, 2.05) is 30.3 Å². The molecule has 0 bridgehead atoms. The van der Waals surface area contributed by atoms with Crippen LogP contribution in [0.5, 0.6) is 0 Å². The first-order chi connectivity index (χ1) is 12.2. The molecule has 0 spiro atoms. The van der Waals surface area contributed by atoms with Crippen LogP contribution in [0.15, 0.2) is 47.8 Å². The van der Waals surface area contributed by atoms with Crippen LogP contribution in [-0.4, -0.2) is 22.3 Å². The molecular weight excluding hydrogens is 350 g/mol. The van der Waals surface area contributed by atoms with Crippen LogP contribution < -0.4 is 5.73 Å². The average Bonchev–Trinajstić information content (AvgIpc) is 3.36. The topological polar surface area (TPSA) is 59.2 Å². The molecule has 1 amide bonds. The van der Waals surface area contributed by atoms with E-state index in [1.165, 1.54) is 22.6 Å². The molecule has 6 heteroatoms. The second-order valence-corrected chi connectivity index (χ2v) is 8.25. The summed E-state index contributed by atoms with van der Waals surface area (Å²) in [5.74, 6) is -0.340. The number of primary amides is 1. The highest BCUT2D eigenvalue weighted by atomic mass is 32.1. The number of aromatic nitrogens is 1. The molecule has 2 N–H and O–H groups in total. The minimum atomic E-state index is -0.340. The van der Waals surface area contributed by atoms with Crippen molar-refractivity contribution < 1.29 is 4.79 Å². The third-order valence-electron chi connectivity index (χ3n) is 4.52. The van der Waals surface area contributed by atoms with E-state index in [0.29, 0.717) is 10.9 Å². The molecule has 1 atom stereocenters. The quantitative estimate of drug-likeness (QED) is 0.729. The number of carbonyl (C=O) groups excluding carboxylic acids is 1. The second kappa shape index (κ2) is 7.07. The number of rotatable bonds is 5. The fourth-order valence-electron chi connectivity index (χ4n) is 3.30. The van der Waals surface area contributed by atoms with Crippen molar-refractivity contribution in [1.82, 2.24) is 9.88 Å². The number of hydrogen-bond acceptors (Lipinski definition) is 5. The summed E-state index contributed by atoms with van der Waals surface area (Å²) in [6.07, 6.45) is 2.29. The summed E-state index contributed by atoms with van der Waals surface area (Å²) in [6, 6.07) is 14.5. The van der Waals surface area contributed by atoms with Crippen molar-refractivity contribution in [1.29, 1.82) is 0 Å². The Morgan fingerprint density at radius 2 is 2.08 bits per heavy atom. The molecular formula is C19H19N3OS2. The molecule has 1 fully saturated rings. The number of benzene rings is 1. The molecule has 0 radical (unpaired) electrons. The molecule has 25 heavy (non-hydrogen) atoms. The molecule has 0 aliphatic carbocycles. The van der Waals surface area contributed by atoms with E-state index in [4.69, 9.17) is 10.7 Å². The summed E-state index contributed by atoms with van der Waals surface area (Å²) >= 11 is 3.24. The molecule has 1 aliphatic rings. The van der Waals surface area contributed by atoms with E-state index in [9.17, 15) is 4.79 Å². The van der Waals surface area contributed by atoms with Gasteiger partial charge in [0.2, 0.25) is 0 Å². The van der Waals surface area contributed by atoms with Gasteiger partial charge in [0.1, 0.15) is 5.01 Å². The lowest BCUT2D eigenvalue weighted by molar-refractivity contribution is 0.100. The maximum absolute atomic E-state index is 11.3. The van der Waals surface area contributed by atoms with Crippen molar-refractivity contribution in [2.24, 2.45) is 5.73 Å². The van der Waals surface area contributed by atoms with Crippen molar-refractivity contribution in [3.63, 3.8) is 0 Å². The number of likely N-dealkylation sites (tertiary alicyclic amines) is 1. The van der Waals surface area contributed by atoms with E-state index >= 15 is 0 Å². The second-order valence-electron chi connectivity index (χ2n) is 6.19. The SMILES string of the molecule is NC(=O)c1ccc([C@H]2CCCN2Cc2nc(-c3ccccc3)cs2)s1. The summed E-state index contributed by atoms with van der Waals surface area (Å²) in [4.78, 5) is 20.5. The van der Waals surface area contributed by atoms with Crippen molar-refractivity contribution in [2.75, 3.05) is 6.54 Å². The van der Waals surface area contributed by atoms with Crippen molar-refractivity contribution in [3.05, 3.63) is 62.6 Å². The molecule has 0 unspecified atom stereocenters. The smallest absolute Gasteiger partial charge is 0.258 e. The standard InChI is InChI=1S/C19H19N3OS2/c20-19(23)17-9-8-16(25-17)15-7-4-10-22(15)11-18-21-14(12-24-18)13-5-2-1-3-6-13/h1-3,5-6,8-9,12,15H,4,7,10-11H2,(H2,20,23)/t15-/m1/s1. The molecule has 1 aromatic carbocycles. The minimum absolute atomic E-state index is 0.340. The summed E-state index contributed by atoms with van der Waals surface area (Å²) < 4.78 is 0. The number of nitrogens with zero attached hydrogens (tertiary/aromatic N) is 2. The van der Waals surface area contributed by atoms with E-state index in [-0.39, 0.29) is 5.91 Å². The van der Waals surface area contributed by atoms with E-state index < -0.39 is 0 Å². The van der Waals surface area contributed by atoms with Crippen LogP contribution in [0.2, 0.25) is 0 Å². The maximum Gasteiger partial charge on any atom is 0.258 e. The number of carbonyl (C=O) groups is 1. The van der Waals surface area contributed by atoms with Crippen molar-refractivity contribution >= 4 is 28.6 Å². The predicted molar refractivity (Wildman–Crippen MR) is 103 cm³/mol. The first kappa shape index (κ1) is 16.4. The van der Waals surface area contributed by atoms with Gasteiger partial charge in [-0.15, -0.1) is 22.7 Å². The van der Waals surface area contributed by atoms with Crippen LogP contribution >= 0.6 is 22.7 Å². The highest BCUT2D eigenvalue weighted by Crippen LogP contribution is 2.37. The molecule has 1 saturated heterocycles. The highest BCUT2D eigenvalue weighted by Gasteiger charge is 2.28. The number of thiazole rings is 1. The van der Waals surface area contributed by atoms with Crippen molar-refractivity contribution in [2.45, 2.75) is 25.4 Å². The van der Waals surface area contributed by atoms with Crippen LogP contribution in [-0.2, 0) is 6.54 Å². The van der Waals surface area contributed by atoms with Gasteiger partial charge in [-0.25, -0.2) is 4.98 Å². The molecule has 4 nitrogen and oxygen atoms in total. The number of thiophene rings is 1. The maximum atomic E-state index is 11.3. The number of hydrogen-bond donors (Lipinski definition) is 1. The summed E-state index contributed by atoms with van der Waals surface area (Å²) in [7, 11) is 0. The summed E-state index contributed by atoms with van der Waals surface area (Å²) in [6.45, 7) is 1.92. The van der Waals surface area contributed by atoms with Gasteiger partial charge in [-0.3, -0.25) is 9.69 Å². The van der Waals surface area contributed by atoms with Crippen molar-refractivity contribution in [3.8, 4) is 11.3 Å². The normalized spacial score (nSPS) is 17.8. The third kappa shape index (κ3) is 3.51. The van der Waals surface area contributed by atoms with Gasteiger partial charge in [-0.2, -0.15) is 0 Å². The van der Waals surface area contributed by atoms with Gasteiger partial charge in [0.15, 0.2) is 0 Å². The van der Waals surface area contributed by atoms with E-state index in [2.05, 4.69) is 22.4 Å². The molecule has 3 heterocycles. The molecule has 4 rings (SSSR count). The Morgan fingerprint density at radius 3 is 2.84 bits per heavy atom. The van der Waals surface area contributed by atoms with Crippen LogP contribution in [0.25, 0.3) is 11.3 Å². The lowest BCUT2D eigenvalue weighted by atomic mass is 10.2. The molecule has 128 valence electrons. The highest BCUT2D eigenvalue weighted by molar-refractivity contribution is 7.14. The lowest BCUT2D eigenvalue weighted by Crippen LogP contribution is -2.22. The zero-order chi connectivity index (χ0) is 17.2. The average molecular weight is 370 g/mol. The Morgan fingerprint density at radius 1 is 1.24 bits per heavy atom.